The summed E-state index contributed by atoms with van der Waals surface area (Å²) in [6.07, 6.45) is 0. The van der Waals surface area contributed by atoms with Crippen LogP contribution in [0.25, 0.3) is 0 Å². The van der Waals surface area contributed by atoms with Crippen molar-refractivity contribution in [2.45, 2.75) is 19.1 Å². The Hall–Kier alpha value is -3.00. The number of hydrogen-bond donors (Lipinski definition) is 0. The minimum absolute atomic E-state index is 0.223. The third kappa shape index (κ3) is 3.23. The van der Waals surface area contributed by atoms with Crippen LogP contribution in [-0.4, -0.2) is 45.9 Å². The first-order valence-electron chi connectivity index (χ1n) is 8.66. The van der Waals surface area contributed by atoms with Crippen molar-refractivity contribution in [3.63, 3.8) is 0 Å². The Morgan fingerprint density at radius 1 is 1.11 bits per heavy atom. The van der Waals surface area contributed by atoms with Crippen LogP contribution >= 0.6 is 0 Å². The highest BCUT2D eigenvalue weighted by Crippen LogP contribution is 2.38. The fraction of sp³-hybridized carbons (Fsp3) is 0.316. The second kappa shape index (κ2) is 7.32. The summed E-state index contributed by atoms with van der Waals surface area (Å²) in [5.41, 5.74) is 1.51. The highest BCUT2D eigenvalue weighted by molar-refractivity contribution is 5.44. The average molecular weight is 369 g/mol. The lowest BCUT2D eigenvalue weighted by atomic mass is 10.00. The number of benzene rings is 2. The number of tetrazole rings is 1. The molecule has 4 rings (SSSR count). The minimum atomic E-state index is -0.279. The van der Waals surface area contributed by atoms with Gasteiger partial charge in [0.25, 0.3) is 0 Å². The lowest BCUT2D eigenvalue weighted by Gasteiger charge is -2.35. The quantitative estimate of drug-likeness (QED) is 0.688. The fourth-order valence-corrected chi connectivity index (χ4v) is 3.49. The van der Waals surface area contributed by atoms with Gasteiger partial charge < -0.3 is 9.47 Å². The second-order valence-electron chi connectivity index (χ2n) is 6.33. The van der Waals surface area contributed by atoms with Gasteiger partial charge in [-0.3, -0.25) is 4.90 Å². The van der Waals surface area contributed by atoms with Crippen molar-refractivity contribution in [1.82, 2.24) is 25.1 Å². The van der Waals surface area contributed by atoms with E-state index in [1.165, 1.54) is 6.07 Å². The number of hydrogen-bond acceptors (Lipinski definition) is 6. The Kier molecular flexibility index (Phi) is 4.72. The summed E-state index contributed by atoms with van der Waals surface area (Å²) in [4.78, 5) is 2.15. The van der Waals surface area contributed by atoms with E-state index in [-0.39, 0.29) is 11.9 Å². The molecule has 0 aliphatic carbocycles. The number of ether oxygens (including phenoxy) is 2. The van der Waals surface area contributed by atoms with Crippen molar-refractivity contribution in [2.75, 3.05) is 20.8 Å². The zero-order valence-corrected chi connectivity index (χ0v) is 15.2. The van der Waals surface area contributed by atoms with E-state index in [4.69, 9.17) is 9.47 Å². The lowest BCUT2D eigenvalue weighted by Crippen LogP contribution is -2.39. The lowest BCUT2D eigenvalue weighted by molar-refractivity contribution is 0.159. The molecular formula is C19H20FN5O2. The molecular weight excluding hydrogens is 349 g/mol. The third-order valence-electron chi connectivity index (χ3n) is 4.83. The summed E-state index contributed by atoms with van der Waals surface area (Å²) in [5.74, 6) is 1.89. The first kappa shape index (κ1) is 17.4. The molecule has 1 atom stereocenters. The smallest absolute Gasteiger partial charge is 0.173 e. The number of fused-ring (bicyclic) bond motifs is 1. The van der Waals surface area contributed by atoms with Crippen molar-refractivity contribution >= 4 is 0 Å². The molecule has 0 fully saturated rings. The zero-order valence-electron chi connectivity index (χ0n) is 15.2. The summed E-state index contributed by atoms with van der Waals surface area (Å²) in [5, 5.41) is 12.1. The van der Waals surface area contributed by atoms with Gasteiger partial charge in [0.05, 0.1) is 20.8 Å². The second-order valence-corrected chi connectivity index (χ2v) is 6.33. The van der Waals surface area contributed by atoms with Crippen LogP contribution in [0.1, 0.15) is 23.0 Å². The van der Waals surface area contributed by atoms with Gasteiger partial charge in [0.1, 0.15) is 23.4 Å². The topological polar surface area (TPSA) is 65.3 Å². The molecule has 0 bridgehead atoms. The van der Waals surface area contributed by atoms with Gasteiger partial charge in [-0.2, -0.15) is 0 Å². The van der Waals surface area contributed by atoms with Gasteiger partial charge in [0.15, 0.2) is 5.82 Å². The van der Waals surface area contributed by atoms with E-state index >= 15 is 0 Å². The minimum Gasteiger partial charge on any atom is -0.497 e. The third-order valence-corrected chi connectivity index (χ3v) is 4.83. The Balaban J connectivity index is 1.80. The molecule has 2 aromatic carbocycles. The highest BCUT2D eigenvalue weighted by Gasteiger charge is 2.34. The summed E-state index contributed by atoms with van der Waals surface area (Å²) < 4.78 is 27.0. The van der Waals surface area contributed by atoms with E-state index in [9.17, 15) is 4.39 Å². The summed E-state index contributed by atoms with van der Waals surface area (Å²) in [7, 11) is 3.24. The highest BCUT2D eigenvalue weighted by atomic mass is 19.1. The molecule has 0 saturated carbocycles. The number of nitrogens with zero attached hydrogens (tertiary/aromatic N) is 5. The van der Waals surface area contributed by atoms with Crippen LogP contribution in [0, 0.1) is 5.82 Å². The van der Waals surface area contributed by atoms with E-state index in [1.54, 1.807) is 31.0 Å². The number of halogens is 1. The summed E-state index contributed by atoms with van der Waals surface area (Å²) >= 11 is 0. The van der Waals surface area contributed by atoms with Gasteiger partial charge >= 0.3 is 0 Å². The maximum Gasteiger partial charge on any atom is 0.173 e. The molecule has 27 heavy (non-hydrogen) atoms. The maximum absolute atomic E-state index is 14.3. The van der Waals surface area contributed by atoms with Crippen molar-refractivity contribution in [2.24, 2.45) is 0 Å². The molecule has 1 unspecified atom stereocenters. The first-order valence-corrected chi connectivity index (χ1v) is 8.66. The predicted octanol–water partition coefficient (Wildman–Crippen LogP) is 2.43. The average Bonchev–Trinajstić information content (AvgIpc) is 3.18. The van der Waals surface area contributed by atoms with Gasteiger partial charge in [-0.15, -0.1) is 5.10 Å². The Labute approximate surface area is 156 Å². The predicted molar refractivity (Wildman–Crippen MR) is 96.0 cm³/mol. The maximum atomic E-state index is 14.3. The van der Waals surface area contributed by atoms with Gasteiger partial charge in [-0.1, -0.05) is 18.2 Å². The van der Waals surface area contributed by atoms with Crippen LogP contribution in [0.5, 0.6) is 11.5 Å². The largest absolute Gasteiger partial charge is 0.497 e. The SMILES string of the molecule is COc1ccc(OC)c(C2c3nnnn3CCN2Cc2ccccc2F)c1. The van der Waals surface area contributed by atoms with Gasteiger partial charge in [0, 0.05) is 24.2 Å². The fourth-order valence-electron chi connectivity index (χ4n) is 3.49. The molecule has 8 heteroatoms. The molecule has 0 spiro atoms. The van der Waals surface area contributed by atoms with E-state index in [2.05, 4.69) is 20.4 Å². The molecule has 2 heterocycles. The number of aromatic nitrogens is 4. The molecule has 0 N–H and O–H groups in total. The molecule has 0 radical (unpaired) electrons. The van der Waals surface area contributed by atoms with Crippen LogP contribution in [0.3, 0.4) is 0 Å². The van der Waals surface area contributed by atoms with E-state index in [0.29, 0.717) is 42.5 Å². The normalized spacial score (nSPS) is 16.8. The molecule has 3 aromatic rings. The van der Waals surface area contributed by atoms with Gasteiger partial charge in [-0.05, 0) is 34.7 Å². The number of methoxy groups -OCH3 is 2. The number of rotatable bonds is 5. The molecule has 1 aliphatic rings. The van der Waals surface area contributed by atoms with Gasteiger partial charge in [0.2, 0.25) is 0 Å². The van der Waals surface area contributed by atoms with Crippen molar-refractivity contribution < 1.29 is 13.9 Å². The first-order chi connectivity index (χ1) is 13.2. The van der Waals surface area contributed by atoms with Crippen molar-refractivity contribution in [3.05, 3.63) is 65.2 Å². The van der Waals surface area contributed by atoms with E-state index in [0.717, 1.165) is 5.56 Å². The molecule has 0 amide bonds. The monoisotopic (exact) mass is 369 g/mol. The van der Waals surface area contributed by atoms with Crippen molar-refractivity contribution in [1.29, 1.82) is 0 Å². The van der Waals surface area contributed by atoms with Crippen LogP contribution in [0.2, 0.25) is 0 Å². The van der Waals surface area contributed by atoms with Crippen LogP contribution in [-0.2, 0) is 13.1 Å². The van der Waals surface area contributed by atoms with Crippen molar-refractivity contribution in [3.8, 4) is 11.5 Å². The Morgan fingerprint density at radius 2 is 1.96 bits per heavy atom. The van der Waals surface area contributed by atoms with E-state index < -0.39 is 0 Å². The molecule has 1 aliphatic heterocycles. The Morgan fingerprint density at radius 3 is 2.74 bits per heavy atom. The summed E-state index contributed by atoms with van der Waals surface area (Å²) in [6, 6.07) is 12.1. The molecule has 1 aromatic heterocycles. The molecule has 7 nitrogen and oxygen atoms in total. The zero-order chi connectivity index (χ0) is 18.8. The van der Waals surface area contributed by atoms with Crippen LogP contribution in [0.4, 0.5) is 4.39 Å². The van der Waals surface area contributed by atoms with Crippen LogP contribution in [0.15, 0.2) is 42.5 Å². The molecule has 0 saturated heterocycles. The standard InChI is InChI=1S/C19H20FN5O2/c1-26-14-7-8-17(27-2)15(11-14)18-19-21-22-23-25(19)10-9-24(18)12-13-5-3-4-6-16(13)20/h3-8,11,18H,9-10,12H2,1-2H3. The van der Waals surface area contributed by atoms with Gasteiger partial charge in [-0.25, -0.2) is 9.07 Å². The molecule has 140 valence electrons. The van der Waals surface area contributed by atoms with Crippen LogP contribution < -0.4 is 9.47 Å². The van der Waals surface area contributed by atoms with E-state index in [1.807, 2.05) is 24.3 Å². The Bertz CT molecular complexity index is 945. The summed E-state index contributed by atoms with van der Waals surface area (Å²) in [6.45, 7) is 1.75.